The van der Waals surface area contributed by atoms with Crippen molar-refractivity contribution in [3.8, 4) is 5.75 Å². The molecule has 1 aliphatic heterocycles. The van der Waals surface area contributed by atoms with E-state index < -0.39 is 0 Å². The van der Waals surface area contributed by atoms with Crippen molar-refractivity contribution in [3.63, 3.8) is 0 Å². The van der Waals surface area contributed by atoms with Gasteiger partial charge in [0.2, 0.25) is 0 Å². The third kappa shape index (κ3) is 1.73. The van der Waals surface area contributed by atoms with E-state index in [1.807, 2.05) is 12.1 Å². The van der Waals surface area contributed by atoms with Gasteiger partial charge in [-0.2, -0.15) is 0 Å². The van der Waals surface area contributed by atoms with Crippen molar-refractivity contribution in [1.29, 1.82) is 0 Å². The topological polar surface area (TPSA) is 21.3 Å². The summed E-state index contributed by atoms with van der Waals surface area (Å²) >= 11 is 0. The van der Waals surface area contributed by atoms with E-state index in [1.54, 1.807) is 7.11 Å². The van der Waals surface area contributed by atoms with Crippen molar-refractivity contribution < 1.29 is 9.13 Å². The number of ether oxygens (including phenoxy) is 1. The molecule has 0 aliphatic carbocycles. The monoisotopic (exact) mass is 195 g/mol. The van der Waals surface area contributed by atoms with Crippen molar-refractivity contribution in [2.24, 2.45) is 0 Å². The van der Waals surface area contributed by atoms with Gasteiger partial charge in [0.1, 0.15) is 11.6 Å². The predicted octanol–water partition coefficient (Wildman–Crippen LogP) is 1.91. The number of rotatable bonds is 2. The van der Waals surface area contributed by atoms with Gasteiger partial charge in [-0.05, 0) is 24.6 Å². The molecule has 1 fully saturated rings. The highest BCUT2D eigenvalue weighted by Gasteiger charge is 2.19. The molecule has 76 valence electrons. The lowest BCUT2D eigenvalue weighted by molar-refractivity contribution is 0.410. The molecule has 3 heteroatoms. The molecule has 0 spiro atoms. The Labute approximate surface area is 83.1 Å². The first kappa shape index (κ1) is 9.46. The third-order valence-corrected chi connectivity index (χ3v) is 2.71. The summed E-state index contributed by atoms with van der Waals surface area (Å²) in [6.45, 7) is 1.86. The van der Waals surface area contributed by atoms with E-state index in [-0.39, 0.29) is 5.82 Å². The molecule has 2 rings (SSSR count). The SMILES string of the molecule is COc1ccc([C@@H]2CCNC2)c(F)c1. The summed E-state index contributed by atoms with van der Waals surface area (Å²) < 4.78 is 18.5. The molecule has 1 N–H and O–H groups in total. The zero-order chi connectivity index (χ0) is 9.97. The van der Waals surface area contributed by atoms with E-state index in [2.05, 4.69) is 5.32 Å². The van der Waals surface area contributed by atoms with Gasteiger partial charge in [0, 0.05) is 18.5 Å². The highest BCUT2D eigenvalue weighted by molar-refractivity contribution is 5.31. The van der Waals surface area contributed by atoms with Crippen molar-refractivity contribution >= 4 is 0 Å². The average molecular weight is 195 g/mol. The van der Waals surface area contributed by atoms with Gasteiger partial charge in [-0.3, -0.25) is 0 Å². The molecule has 14 heavy (non-hydrogen) atoms. The Morgan fingerprint density at radius 1 is 1.50 bits per heavy atom. The maximum atomic E-state index is 13.6. The van der Waals surface area contributed by atoms with Gasteiger partial charge in [-0.15, -0.1) is 0 Å². The van der Waals surface area contributed by atoms with E-state index in [0.29, 0.717) is 11.7 Å². The third-order valence-electron chi connectivity index (χ3n) is 2.71. The molecular weight excluding hydrogens is 181 g/mol. The summed E-state index contributed by atoms with van der Waals surface area (Å²) in [4.78, 5) is 0. The molecule has 1 atom stereocenters. The Hall–Kier alpha value is -1.09. The molecule has 1 aromatic rings. The van der Waals surface area contributed by atoms with Crippen LogP contribution < -0.4 is 10.1 Å². The van der Waals surface area contributed by atoms with Crippen LogP contribution in [0.15, 0.2) is 18.2 Å². The minimum Gasteiger partial charge on any atom is -0.497 e. The zero-order valence-corrected chi connectivity index (χ0v) is 8.22. The highest BCUT2D eigenvalue weighted by atomic mass is 19.1. The second kappa shape index (κ2) is 3.96. The summed E-state index contributed by atoms with van der Waals surface area (Å²) in [6, 6.07) is 5.09. The van der Waals surface area contributed by atoms with E-state index in [1.165, 1.54) is 6.07 Å². The number of methoxy groups -OCH3 is 1. The van der Waals surface area contributed by atoms with Crippen molar-refractivity contribution in [2.75, 3.05) is 20.2 Å². The molecule has 1 saturated heterocycles. The van der Waals surface area contributed by atoms with Crippen LogP contribution in [-0.4, -0.2) is 20.2 Å². The van der Waals surface area contributed by atoms with Crippen LogP contribution in [0.25, 0.3) is 0 Å². The summed E-state index contributed by atoms with van der Waals surface area (Å²) in [6.07, 6.45) is 1.02. The van der Waals surface area contributed by atoms with Gasteiger partial charge in [0.25, 0.3) is 0 Å². The minimum absolute atomic E-state index is 0.155. The molecule has 1 aromatic carbocycles. The Morgan fingerprint density at radius 2 is 2.36 bits per heavy atom. The standard InChI is InChI=1S/C11H14FNO/c1-14-9-2-3-10(11(12)6-9)8-4-5-13-7-8/h2-3,6,8,13H,4-5,7H2,1H3/t8-/m1/s1. The maximum Gasteiger partial charge on any atom is 0.130 e. The first-order chi connectivity index (χ1) is 6.81. The molecule has 1 aliphatic rings. The summed E-state index contributed by atoms with van der Waals surface area (Å²) in [5, 5.41) is 3.23. The molecular formula is C11H14FNO. The number of hydrogen-bond donors (Lipinski definition) is 1. The highest BCUT2D eigenvalue weighted by Crippen LogP contribution is 2.27. The van der Waals surface area contributed by atoms with Gasteiger partial charge in [0.15, 0.2) is 0 Å². The van der Waals surface area contributed by atoms with Crippen LogP contribution in [-0.2, 0) is 0 Å². The zero-order valence-electron chi connectivity index (χ0n) is 8.22. The van der Waals surface area contributed by atoms with Crippen LogP contribution in [0.5, 0.6) is 5.75 Å². The van der Waals surface area contributed by atoms with Gasteiger partial charge < -0.3 is 10.1 Å². The lowest BCUT2D eigenvalue weighted by Crippen LogP contribution is -2.08. The second-order valence-corrected chi connectivity index (χ2v) is 3.58. The average Bonchev–Trinajstić information content (AvgIpc) is 2.70. The van der Waals surface area contributed by atoms with Gasteiger partial charge >= 0.3 is 0 Å². The second-order valence-electron chi connectivity index (χ2n) is 3.58. The van der Waals surface area contributed by atoms with Gasteiger partial charge in [-0.1, -0.05) is 6.07 Å². The lowest BCUT2D eigenvalue weighted by atomic mass is 9.98. The summed E-state index contributed by atoms with van der Waals surface area (Å²) in [5.41, 5.74) is 0.802. The Balaban J connectivity index is 2.25. The van der Waals surface area contributed by atoms with E-state index >= 15 is 0 Å². The molecule has 0 saturated carbocycles. The smallest absolute Gasteiger partial charge is 0.130 e. The number of halogens is 1. The van der Waals surface area contributed by atoms with E-state index in [0.717, 1.165) is 25.1 Å². The van der Waals surface area contributed by atoms with Crippen LogP contribution in [0.2, 0.25) is 0 Å². The van der Waals surface area contributed by atoms with Crippen molar-refractivity contribution in [2.45, 2.75) is 12.3 Å². The Bertz CT molecular complexity index is 321. The normalized spacial score (nSPS) is 21.1. The van der Waals surface area contributed by atoms with Crippen LogP contribution >= 0.6 is 0 Å². The first-order valence-electron chi connectivity index (χ1n) is 4.85. The van der Waals surface area contributed by atoms with Crippen LogP contribution in [0, 0.1) is 5.82 Å². The Morgan fingerprint density at radius 3 is 2.93 bits per heavy atom. The van der Waals surface area contributed by atoms with Crippen LogP contribution in [0.1, 0.15) is 17.9 Å². The number of benzene rings is 1. The first-order valence-corrected chi connectivity index (χ1v) is 4.85. The molecule has 0 radical (unpaired) electrons. The number of nitrogens with one attached hydrogen (secondary N) is 1. The Kier molecular flexibility index (Phi) is 2.68. The molecule has 2 nitrogen and oxygen atoms in total. The molecule has 0 amide bonds. The fourth-order valence-corrected chi connectivity index (χ4v) is 1.89. The fraction of sp³-hybridized carbons (Fsp3) is 0.455. The minimum atomic E-state index is -0.155. The van der Waals surface area contributed by atoms with Gasteiger partial charge in [0.05, 0.1) is 7.11 Å². The quantitative estimate of drug-likeness (QED) is 0.778. The molecule has 0 bridgehead atoms. The van der Waals surface area contributed by atoms with Crippen molar-refractivity contribution in [1.82, 2.24) is 5.32 Å². The van der Waals surface area contributed by atoms with Crippen LogP contribution in [0.4, 0.5) is 4.39 Å². The molecule has 0 aromatic heterocycles. The molecule has 0 unspecified atom stereocenters. The van der Waals surface area contributed by atoms with Crippen LogP contribution in [0.3, 0.4) is 0 Å². The van der Waals surface area contributed by atoms with Gasteiger partial charge in [-0.25, -0.2) is 4.39 Å². The fourth-order valence-electron chi connectivity index (χ4n) is 1.89. The number of hydrogen-bond acceptors (Lipinski definition) is 2. The van der Waals surface area contributed by atoms with E-state index in [9.17, 15) is 4.39 Å². The summed E-state index contributed by atoms with van der Waals surface area (Å²) in [7, 11) is 1.55. The largest absolute Gasteiger partial charge is 0.497 e. The summed E-state index contributed by atoms with van der Waals surface area (Å²) in [5.74, 6) is 0.746. The predicted molar refractivity (Wildman–Crippen MR) is 53.2 cm³/mol. The van der Waals surface area contributed by atoms with Crippen molar-refractivity contribution in [3.05, 3.63) is 29.6 Å². The lowest BCUT2D eigenvalue weighted by Gasteiger charge is -2.10. The molecule has 1 heterocycles. The van der Waals surface area contributed by atoms with E-state index in [4.69, 9.17) is 4.74 Å². The maximum absolute atomic E-state index is 13.6.